The van der Waals surface area contributed by atoms with Gasteiger partial charge in [0.15, 0.2) is 0 Å². The van der Waals surface area contributed by atoms with Crippen molar-refractivity contribution in [1.29, 1.82) is 0 Å². The predicted octanol–water partition coefficient (Wildman–Crippen LogP) is 1.63. The summed E-state index contributed by atoms with van der Waals surface area (Å²) in [7, 11) is -4.00. The molecule has 3 N–H and O–H groups in total. The Morgan fingerprint density at radius 3 is 2.22 bits per heavy atom. The molecule has 0 fully saturated rings. The third kappa shape index (κ3) is 2.13. The first-order valence-electron chi connectivity index (χ1n) is 5.34. The number of phenols is 2. The molecule has 1 unspecified atom stereocenters. The molecule has 0 saturated heterocycles. The van der Waals surface area contributed by atoms with Crippen LogP contribution < -0.4 is 10.6 Å². The summed E-state index contributed by atoms with van der Waals surface area (Å²) in [5, 5.41) is 19.2. The van der Waals surface area contributed by atoms with E-state index in [9.17, 15) is 19.7 Å². The highest BCUT2D eigenvalue weighted by molar-refractivity contribution is 7.73. The van der Waals surface area contributed by atoms with Crippen molar-refractivity contribution in [2.24, 2.45) is 0 Å². The highest BCUT2D eigenvalue weighted by Crippen LogP contribution is 2.43. The van der Waals surface area contributed by atoms with Crippen molar-refractivity contribution in [3.05, 3.63) is 48.0 Å². The lowest BCUT2D eigenvalue weighted by atomic mass is 10.2. The van der Waals surface area contributed by atoms with Gasteiger partial charge in [-0.1, -0.05) is 23.8 Å². The molecule has 0 bridgehead atoms. The first-order chi connectivity index (χ1) is 8.43. The number of benzene rings is 2. The third-order valence-corrected chi connectivity index (χ3v) is 4.71. The zero-order chi connectivity index (χ0) is 13.3. The van der Waals surface area contributed by atoms with Crippen LogP contribution in [0.5, 0.6) is 11.5 Å². The number of aromatic hydroxyl groups is 2. The van der Waals surface area contributed by atoms with E-state index in [-0.39, 0.29) is 22.1 Å². The largest absolute Gasteiger partial charge is 0.507 e. The first-order valence-corrected chi connectivity index (χ1v) is 7.00. The van der Waals surface area contributed by atoms with Gasteiger partial charge in [0, 0.05) is 0 Å². The highest BCUT2D eigenvalue weighted by Gasteiger charge is 2.30. The van der Waals surface area contributed by atoms with Gasteiger partial charge in [-0.2, -0.15) is 0 Å². The van der Waals surface area contributed by atoms with Crippen molar-refractivity contribution in [3.8, 4) is 11.5 Å². The summed E-state index contributed by atoms with van der Waals surface area (Å²) in [5.74, 6) is -0.515. The molecule has 0 aliphatic carbocycles. The Morgan fingerprint density at radius 1 is 0.944 bits per heavy atom. The summed E-state index contributed by atoms with van der Waals surface area (Å²) < 4.78 is 12.4. The Balaban J connectivity index is 2.65. The van der Waals surface area contributed by atoms with E-state index < -0.39 is 7.37 Å². The molecule has 0 radical (unpaired) electrons. The van der Waals surface area contributed by atoms with Crippen LogP contribution in [0.2, 0.25) is 0 Å². The van der Waals surface area contributed by atoms with Gasteiger partial charge >= 0.3 is 0 Å². The molecule has 0 amide bonds. The zero-order valence-corrected chi connectivity index (χ0v) is 10.6. The summed E-state index contributed by atoms with van der Waals surface area (Å²) in [5.41, 5.74) is 0.757. The van der Waals surface area contributed by atoms with Crippen LogP contribution in [-0.4, -0.2) is 15.1 Å². The molecule has 18 heavy (non-hydrogen) atoms. The van der Waals surface area contributed by atoms with Crippen molar-refractivity contribution in [1.82, 2.24) is 0 Å². The minimum absolute atomic E-state index is 0.0657. The van der Waals surface area contributed by atoms with Gasteiger partial charge in [-0.15, -0.1) is 0 Å². The van der Waals surface area contributed by atoms with Gasteiger partial charge in [0.05, 0.1) is 10.6 Å². The molecule has 0 spiro atoms. The number of rotatable bonds is 2. The molecule has 1 atom stereocenters. The molecule has 2 aromatic carbocycles. The van der Waals surface area contributed by atoms with E-state index in [0.29, 0.717) is 0 Å². The molecule has 0 saturated carbocycles. The minimum Gasteiger partial charge on any atom is -0.507 e. The summed E-state index contributed by atoms with van der Waals surface area (Å²) in [6, 6.07) is 10.3. The number of hydrogen-bond acceptors (Lipinski definition) is 3. The normalized spacial score (nSPS) is 14.1. The van der Waals surface area contributed by atoms with Crippen molar-refractivity contribution >= 4 is 18.0 Å². The average molecular weight is 264 g/mol. The quantitative estimate of drug-likeness (QED) is 0.720. The fourth-order valence-electron chi connectivity index (χ4n) is 1.73. The van der Waals surface area contributed by atoms with E-state index in [2.05, 4.69) is 0 Å². The molecule has 94 valence electrons. The molecule has 0 aliphatic heterocycles. The summed E-state index contributed by atoms with van der Waals surface area (Å²) in [4.78, 5) is 10.2. The molecule has 5 heteroatoms. The molecule has 0 aromatic heterocycles. The maximum absolute atomic E-state index is 12.4. The Hall–Kier alpha value is -1.77. The lowest BCUT2D eigenvalue weighted by molar-refractivity contribution is 0.466. The van der Waals surface area contributed by atoms with Crippen LogP contribution in [0.1, 0.15) is 5.56 Å². The van der Waals surface area contributed by atoms with Crippen LogP contribution in [-0.2, 0) is 4.57 Å². The molecule has 0 heterocycles. The van der Waals surface area contributed by atoms with E-state index in [4.69, 9.17) is 0 Å². The van der Waals surface area contributed by atoms with E-state index in [0.717, 1.165) is 5.56 Å². The lowest BCUT2D eigenvalue weighted by Crippen LogP contribution is -2.16. The Bertz CT molecular complexity index is 637. The maximum Gasteiger partial charge on any atom is 0.266 e. The molecule has 0 aliphatic rings. The number of aryl methyl sites for hydroxylation is 1. The highest BCUT2D eigenvalue weighted by atomic mass is 31.2. The predicted molar refractivity (Wildman–Crippen MR) is 70.0 cm³/mol. The van der Waals surface area contributed by atoms with Crippen LogP contribution in [0.25, 0.3) is 0 Å². The Morgan fingerprint density at radius 2 is 1.56 bits per heavy atom. The van der Waals surface area contributed by atoms with Crippen LogP contribution in [0.15, 0.2) is 42.5 Å². The van der Waals surface area contributed by atoms with Crippen LogP contribution in [0, 0.1) is 6.92 Å². The topological polar surface area (TPSA) is 77.8 Å². The van der Waals surface area contributed by atoms with Gasteiger partial charge in [-0.05, 0) is 31.2 Å². The molecule has 2 aromatic rings. The maximum atomic E-state index is 12.4. The second-order valence-electron chi connectivity index (χ2n) is 4.06. The van der Waals surface area contributed by atoms with Gasteiger partial charge in [0.1, 0.15) is 11.5 Å². The van der Waals surface area contributed by atoms with Gasteiger partial charge in [0.2, 0.25) is 0 Å². The van der Waals surface area contributed by atoms with E-state index in [1.165, 1.54) is 24.3 Å². The zero-order valence-electron chi connectivity index (χ0n) is 9.74. The standard InChI is InChI=1S/C13H13O4P/c1-9-6-7-11(15)13(8-9)18(16,17)12-5-3-2-4-10(12)14/h2-8,14-15H,1H3,(H,16,17). The van der Waals surface area contributed by atoms with Gasteiger partial charge in [-0.25, -0.2) is 0 Å². The van der Waals surface area contributed by atoms with E-state index in [1.54, 1.807) is 25.1 Å². The van der Waals surface area contributed by atoms with Crippen LogP contribution >= 0.6 is 7.37 Å². The SMILES string of the molecule is Cc1ccc(O)c(P(=O)(O)c2ccccc2O)c1. The first kappa shape index (κ1) is 12.7. The van der Waals surface area contributed by atoms with Gasteiger partial charge in [0.25, 0.3) is 7.37 Å². The smallest absolute Gasteiger partial charge is 0.266 e. The average Bonchev–Trinajstić information content (AvgIpc) is 2.32. The van der Waals surface area contributed by atoms with E-state index >= 15 is 0 Å². The van der Waals surface area contributed by atoms with Gasteiger partial charge in [-0.3, -0.25) is 4.57 Å². The second kappa shape index (κ2) is 4.48. The van der Waals surface area contributed by atoms with Crippen molar-refractivity contribution in [2.45, 2.75) is 6.92 Å². The monoisotopic (exact) mass is 264 g/mol. The molecule has 4 nitrogen and oxygen atoms in total. The van der Waals surface area contributed by atoms with Crippen LogP contribution in [0.4, 0.5) is 0 Å². The molecular weight excluding hydrogens is 251 g/mol. The van der Waals surface area contributed by atoms with Gasteiger partial charge < -0.3 is 15.1 Å². The lowest BCUT2D eigenvalue weighted by Gasteiger charge is -2.15. The number of para-hydroxylation sites is 1. The molecular formula is C13H13O4P. The number of phenolic OH excluding ortho intramolecular Hbond substituents is 2. The molecule has 2 rings (SSSR count). The van der Waals surface area contributed by atoms with E-state index in [1.807, 2.05) is 0 Å². The minimum atomic E-state index is -4.00. The van der Waals surface area contributed by atoms with Crippen molar-refractivity contribution in [3.63, 3.8) is 0 Å². The Kier molecular flexibility index (Phi) is 3.16. The Labute approximate surface area is 105 Å². The third-order valence-electron chi connectivity index (χ3n) is 2.67. The second-order valence-corrected chi connectivity index (χ2v) is 6.17. The summed E-state index contributed by atoms with van der Waals surface area (Å²) >= 11 is 0. The fourth-order valence-corrected chi connectivity index (χ4v) is 3.42. The summed E-state index contributed by atoms with van der Waals surface area (Å²) in [6.07, 6.45) is 0. The fraction of sp³-hybridized carbons (Fsp3) is 0.0769. The summed E-state index contributed by atoms with van der Waals surface area (Å²) in [6.45, 7) is 1.76. The number of hydrogen-bond donors (Lipinski definition) is 3. The van der Waals surface area contributed by atoms with Crippen molar-refractivity contribution < 1.29 is 19.7 Å². The van der Waals surface area contributed by atoms with Crippen molar-refractivity contribution in [2.75, 3.05) is 0 Å². The van der Waals surface area contributed by atoms with Crippen LogP contribution in [0.3, 0.4) is 0 Å².